The first-order valence-corrected chi connectivity index (χ1v) is 10.8. The number of para-hydroxylation sites is 1. The standard InChI is InChI=1S/C22H35N5O2/c1-4-23-22(24-17-18(2)25(3)19-9-6-5-7-10-19)27-14-12-26(13-15-27)21(28)20-11-8-16-29-20/h5-7,9-10,18,20H,4,8,11-17H2,1-3H3,(H,23,24). The molecule has 2 fully saturated rings. The SMILES string of the molecule is CCNC(=NCC(C)N(C)c1ccccc1)N1CCN(C(=O)C2CCCO2)CC1. The molecular formula is C22H35N5O2. The summed E-state index contributed by atoms with van der Waals surface area (Å²) in [5, 5.41) is 3.41. The molecule has 2 unspecified atom stereocenters. The minimum Gasteiger partial charge on any atom is -0.370 e. The molecule has 0 saturated carbocycles. The summed E-state index contributed by atoms with van der Waals surface area (Å²) in [7, 11) is 2.11. The summed E-state index contributed by atoms with van der Waals surface area (Å²) in [5.74, 6) is 1.09. The van der Waals surface area contributed by atoms with E-state index in [0.29, 0.717) is 13.2 Å². The van der Waals surface area contributed by atoms with Gasteiger partial charge in [0.2, 0.25) is 0 Å². The number of likely N-dealkylation sites (N-methyl/N-ethyl adjacent to an activating group) is 1. The summed E-state index contributed by atoms with van der Waals surface area (Å²) in [6.45, 7) is 9.58. The van der Waals surface area contributed by atoms with Crippen LogP contribution in [0.5, 0.6) is 0 Å². The van der Waals surface area contributed by atoms with Crippen molar-refractivity contribution in [2.75, 3.05) is 57.8 Å². The fourth-order valence-electron chi connectivity index (χ4n) is 3.80. The topological polar surface area (TPSA) is 60.4 Å². The number of rotatable bonds is 6. The van der Waals surface area contributed by atoms with Crippen LogP contribution in [0.1, 0.15) is 26.7 Å². The van der Waals surface area contributed by atoms with Crippen molar-refractivity contribution >= 4 is 17.6 Å². The van der Waals surface area contributed by atoms with Crippen molar-refractivity contribution in [3.63, 3.8) is 0 Å². The molecule has 160 valence electrons. The first-order valence-electron chi connectivity index (χ1n) is 10.8. The van der Waals surface area contributed by atoms with Gasteiger partial charge in [-0.05, 0) is 38.8 Å². The lowest BCUT2D eigenvalue weighted by atomic mass is 10.2. The van der Waals surface area contributed by atoms with Gasteiger partial charge in [0.05, 0.1) is 6.54 Å². The van der Waals surface area contributed by atoms with Crippen molar-refractivity contribution in [1.82, 2.24) is 15.1 Å². The summed E-state index contributed by atoms with van der Waals surface area (Å²) >= 11 is 0. The number of hydrogen-bond donors (Lipinski definition) is 1. The van der Waals surface area contributed by atoms with Crippen molar-refractivity contribution in [2.24, 2.45) is 4.99 Å². The average molecular weight is 402 g/mol. The van der Waals surface area contributed by atoms with Crippen LogP contribution >= 0.6 is 0 Å². The van der Waals surface area contributed by atoms with E-state index in [1.165, 1.54) is 5.69 Å². The zero-order chi connectivity index (χ0) is 20.6. The van der Waals surface area contributed by atoms with E-state index in [1.807, 2.05) is 11.0 Å². The number of piperazine rings is 1. The van der Waals surface area contributed by atoms with Crippen LogP contribution < -0.4 is 10.2 Å². The van der Waals surface area contributed by atoms with Gasteiger partial charge in [-0.1, -0.05) is 18.2 Å². The van der Waals surface area contributed by atoms with Crippen LogP contribution in [0.25, 0.3) is 0 Å². The molecule has 29 heavy (non-hydrogen) atoms. The molecule has 0 aromatic heterocycles. The Hall–Kier alpha value is -2.28. The molecule has 1 amide bonds. The highest BCUT2D eigenvalue weighted by atomic mass is 16.5. The van der Waals surface area contributed by atoms with Gasteiger partial charge >= 0.3 is 0 Å². The van der Waals surface area contributed by atoms with Crippen molar-refractivity contribution < 1.29 is 9.53 Å². The van der Waals surface area contributed by atoms with Gasteiger partial charge in [0, 0.05) is 58.1 Å². The predicted molar refractivity (Wildman–Crippen MR) is 117 cm³/mol. The molecule has 2 aliphatic rings. The summed E-state index contributed by atoms with van der Waals surface area (Å²) < 4.78 is 5.56. The van der Waals surface area contributed by atoms with E-state index in [0.717, 1.165) is 51.5 Å². The van der Waals surface area contributed by atoms with Crippen LogP contribution in [0.2, 0.25) is 0 Å². The third kappa shape index (κ3) is 5.63. The molecular weight excluding hydrogens is 366 g/mol. The molecule has 1 aromatic carbocycles. The fraction of sp³-hybridized carbons (Fsp3) is 0.636. The zero-order valence-corrected chi connectivity index (χ0v) is 18.0. The maximum absolute atomic E-state index is 12.6. The van der Waals surface area contributed by atoms with Crippen LogP contribution in [0.4, 0.5) is 5.69 Å². The van der Waals surface area contributed by atoms with Crippen molar-refractivity contribution in [3.05, 3.63) is 30.3 Å². The molecule has 2 saturated heterocycles. The molecule has 0 radical (unpaired) electrons. The zero-order valence-electron chi connectivity index (χ0n) is 18.0. The largest absolute Gasteiger partial charge is 0.370 e. The van der Waals surface area contributed by atoms with Crippen molar-refractivity contribution in [3.8, 4) is 0 Å². The minimum absolute atomic E-state index is 0.155. The molecule has 7 nitrogen and oxygen atoms in total. The Balaban J connectivity index is 1.54. The number of ether oxygens (including phenoxy) is 1. The molecule has 2 heterocycles. The number of benzene rings is 1. The molecule has 2 aliphatic heterocycles. The van der Waals surface area contributed by atoms with E-state index in [-0.39, 0.29) is 18.1 Å². The second-order valence-corrected chi connectivity index (χ2v) is 7.80. The second kappa shape index (κ2) is 10.5. The first kappa shape index (κ1) is 21.4. The number of hydrogen-bond acceptors (Lipinski definition) is 4. The molecule has 0 aliphatic carbocycles. The van der Waals surface area contributed by atoms with Crippen molar-refractivity contribution in [2.45, 2.75) is 38.8 Å². The van der Waals surface area contributed by atoms with Gasteiger partial charge in [0.1, 0.15) is 6.10 Å². The van der Waals surface area contributed by atoms with Crippen LogP contribution in [0.15, 0.2) is 35.3 Å². The first-order chi connectivity index (χ1) is 14.1. The summed E-state index contributed by atoms with van der Waals surface area (Å²) in [4.78, 5) is 23.9. The highest BCUT2D eigenvalue weighted by Crippen LogP contribution is 2.17. The smallest absolute Gasteiger partial charge is 0.251 e. The fourth-order valence-corrected chi connectivity index (χ4v) is 3.80. The highest BCUT2D eigenvalue weighted by molar-refractivity contribution is 5.83. The molecule has 1 N–H and O–H groups in total. The number of nitrogens with zero attached hydrogens (tertiary/aromatic N) is 4. The normalized spacial score (nSPS) is 21.2. The van der Waals surface area contributed by atoms with E-state index in [2.05, 4.69) is 60.3 Å². The maximum Gasteiger partial charge on any atom is 0.251 e. The summed E-state index contributed by atoms with van der Waals surface area (Å²) in [6.07, 6.45) is 1.62. The third-order valence-electron chi connectivity index (χ3n) is 5.76. The minimum atomic E-state index is -0.224. The third-order valence-corrected chi connectivity index (χ3v) is 5.76. The van der Waals surface area contributed by atoms with Gasteiger partial charge < -0.3 is 24.8 Å². The lowest BCUT2D eigenvalue weighted by molar-refractivity contribution is -0.142. The number of carbonyl (C=O) groups is 1. The molecule has 1 aromatic rings. The van der Waals surface area contributed by atoms with Gasteiger partial charge in [0.25, 0.3) is 5.91 Å². The lowest BCUT2D eigenvalue weighted by Crippen LogP contribution is -2.55. The van der Waals surface area contributed by atoms with E-state index >= 15 is 0 Å². The predicted octanol–water partition coefficient (Wildman–Crippen LogP) is 1.80. The Morgan fingerprint density at radius 2 is 1.93 bits per heavy atom. The Morgan fingerprint density at radius 3 is 2.55 bits per heavy atom. The molecule has 3 rings (SSSR count). The van der Waals surface area contributed by atoms with Crippen LogP contribution in [-0.4, -0.2) is 86.7 Å². The molecule has 7 heteroatoms. The number of amides is 1. The quantitative estimate of drug-likeness (QED) is 0.582. The Labute approximate surface area is 174 Å². The Bertz CT molecular complexity index is 667. The molecule has 0 spiro atoms. The van der Waals surface area contributed by atoms with E-state index < -0.39 is 0 Å². The van der Waals surface area contributed by atoms with Gasteiger partial charge in [-0.15, -0.1) is 0 Å². The average Bonchev–Trinajstić information content (AvgIpc) is 3.31. The number of anilines is 1. The van der Waals surface area contributed by atoms with Gasteiger partial charge in [-0.3, -0.25) is 9.79 Å². The van der Waals surface area contributed by atoms with E-state index in [9.17, 15) is 4.79 Å². The van der Waals surface area contributed by atoms with E-state index in [1.54, 1.807) is 0 Å². The van der Waals surface area contributed by atoms with Gasteiger partial charge in [-0.2, -0.15) is 0 Å². The van der Waals surface area contributed by atoms with Crippen LogP contribution in [0, 0.1) is 0 Å². The molecule has 0 bridgehead atoms. The molecule has 2 atom stereocenters. The van der Waals surface area contributed by atoms with Gasteiger partial charge in [-0.25, -0.2) is 0 Å². The van der Waals surface area contributed by atoms with Crippen LogP contribution in [-0.2, 0) is 9.53 Å². The van der Waals surface area contributed by atoms with E-state index in [4.69, 9.17) is 9.73 Å². The number of aliphatic imine (C=N–C) groups is 1. The number of carbonyl (C=O) groups excluding carboxylic acids is 1. The lowest BCUT2D eigenvalue weighted by Gasteiger charge is -2.37. The number of guanidine groups is 1. The van der Waals surface area contributed by atoms with Crippen molar-refractivity contribution in [1.29, 1.82) is 0 Å². The van der Waals surface area contributed by atoms with Crippen LogP contribution in [0.3, 0.4) is 0 Å². The monoisotopic (exact) mass is 401 g/mol. The highest BCUT2D eigenvalue weighted by Gasteiger charge is 2.30. The number of nitrogens with one attached hydrogen (secondary N) is 1. The Kier molecular flexibility index (Phi) is 7.75. The maximum atomic E-state index is 12.6. The summed E-state index contributed by atoms with van der Waals surface area (Å²) in [5.41, 5.74) is 1.20. The summed E-state index contributed by atoms with van der Waals surface area (Å²) in [6, 6.07) is 10.7. The van der Waals surface area contributed by atoms with Gasteiger partial charge in [0.15, 0.2) is 5.96 Å². The Morgan fingerprint density at radius 1 is 1.24 bits per heavy atom. The second-order valence-electron chi connectivity index (χ2n) is 7.80.